The van der Waals surface area contributed by atoms with Crippen molar-refractivity contribution < 1.29 is 13.9 Å². The first-order chi connectivity index (χ1) is 15.3. The summed E-state index contributed by atoms with van der Waals surface area (Å²) in [5.74, 6) is -0.667. The monoisotopic (exact) mass is 431 g/mol. The lowest BCUT2D eigenvalue weighted by Crippen LogP contribution is -2.45. The molecule has 0 bridgehead atoms. The Balaban J connectivity index is 1.44. The number of halogens is 2. The van der Waals surface area contributed by atoms with Crippen LogP contribution in [-0.2, 0) is 12.8 Å². The van der Waals surface area contributed by atoms with Gasteiger partial charge in [0, 0.05) is 5.41 Å². The Labute approximate surface area is 185 Å². The molecule has 162 valence electrons. The van der Waals surface area contributed by atoms with Crippen molar-refractivity contribution in [1.82, 2.24) is 9.78 Å². The largest absolute Gasteiger partial charge is 0.389 e. The molecule has 1 fully saturated rings. The first kappa shape index (κ1) is 20.6. The maximum Gasteiger partial charge on any atom is 0.123 e. The molecular formula is C26H23F2N3O. The number of aromatic nitrogens is 2. The van der Waals surface area contributed by atoms with Gasteiger partial charge in [-0.15, -0.1) is 0 Å². The average Bonchev–Trinajstić information content (AvgIpc) is 3.29. The van der Waals surface area contributed by atoms with Crippen molar-refractivity contribution in [1.29, 1.82) is 5.26 Å². The van der Waals surface area contributed by atoms with Gasteiger partial charge in [-0.1, -0.05) is 12.5 Å². The normalized spacial score (nSPS) is 23.9. The molecule has 1 aromatic heterocycles. The quantitative estimate of drug-likeness (QED) is 0.623. The highest BCUT2D eigenvalue weighted by Crippen LogP contribution is 2.56. The molecule has 2 aliphatic carbocycles. The molecule has 2 aromatic carbocycles. The van der Waals surface area contributed by atoms with Gasteiger partial charge in [0.1, 0.15) is 11.6 Å². The molecule has 4 nitrogen and oxygen atoms in total. The number of benzene rings is 2. The number of nitriles is 1. The smallest absolute Gasteiger partial charge is 0.123 e. The van der Waals surface area contributed by atoms with E-state index in [1.54, 1.807) is 12.1 Å². The van der Waals surface area contributed by atoms with Crippen molar-refractivity contribution >= 4 is 6.08 Å². The molecule has 0 spiro atoms. The zero-order valence-electron chi connectivity index (χ0n) is 17.8. The van der Waals surface area contributed by atoms with E-state index in [1.807, 2.05) is 10.9 Å². The summed E-state index contributed by atoms with van der Waals surface area (Å²) < 4.78 is 28.9. The van der Waals surface area contributed by atoms with E-state index in [9.17, 15) is 19.1 Å². The van der Waals surface area contributed by atoms with Gasteiger partial charge in [0.25, 0.3) is 0 Å². The van der Waals surface area contributed by atoms with Crippen LogP contribution >= 0.6 is 0 Å². The van der Waals surface area contributed by atoms with E-state index in [0.29, 0.717) is 36.8 Å². The van der Waals surface area contributed by atoms with Gasteiger partial charge in [-0.3, -0.25) is 0 Å². The Morgan fingerprint density at radius 2 is 1.91 bits per heavy atom. The van der Waals surface area contributed by atoms with Crippen LogP contribution in [-0.4, -0.2) is 20.5 Å². The van der Waals surface area contributed by atoms with Gasteiger partial charge in [-0.2, -0.15) is 10.4 Å². The van der Waals surface area contributed by atoms with E-state index in [4.69, 9.17) is 0 Å². The third kappa shape index (κ3) is 3.16. The third-order valence-electron chi connectivity index (χ3n) is 7.35. The summed E-state index contributed by atoms with van der Waals surface area (Å²) in [5.41, 5.74) is 3.59. The highest BCUT2D eigenvalue weighted by molar-refractivity contribution is 5.62. The molecule has 0 amide bonds. The Kier molecular flexibility index (Phi) is 4.75. The number of aliphatic hydroxyl groups is 1. The lowest BCUT2D eigenvalue weighted by molar-refractivity contribution is -0.0461. The summed E-state index contributed by atoms with van der Waals surface area (Å²) in [6.07, 6.45) is 6.81. The molecule has 1 heterocycles. The van der Waals surface area contributed by atoms with Crippen LogP contribution in [0.1, 0.15) is 48.6 Å². The molecule has 0 saturated heterocycles. The standard InChI is InChI=1S/C26H23F2N3O/c1-25-14-19-16-30-31(23-6-4-21(27)5-7-23)24(19)13-20(25)9-11-26(25,32)10-8-17-12-22(28)3-2-18(17)15-29/h2-7,12-13,16,32H,8-11,14H2,1H3/t25-,26-/m0/s1. The maximum absolute atomic E-state index is 13.7. The molecule has 0 radical (unpaired) electrons. The van der Waals surface area contributed by atoms with Crippen LogP contribution in [0.15, 0.2) is 54.2 Å². The van der Waals surface area contributed by atoms with Crippen LogP contribution < -0.4 is 0 Å². The minimum absolute atomic E-state index is 0.292. The van der Waals surface area contributed by atoms with E-state index in [-0.39, 0.29) is 11.6 Å². The minimum atomic E-state index is -0.965. The second-order valence-corrected chi connectivity index (χ2v) is 9.07. The van der Waals surface area contributed by atoms with Crippen molar-refractivity contribution in [2.45, 2.75) is 44.6 Å². The van der Waals surface area contributed by atoms with Gasteiger partial charge in [0.05, 0.1) is 34.8 Å². The summed E-state index contributed by atoms with van der Waals surface area (Å²) in [6.45, 7) is 2.08. The number of hydrogen-bond acceptors (Lipinski definition) is 3. The third-order valence-corrected chi connectivity index (χ3v) is 7.35. The number of rotatable bonds is 4. The molecule has 0 unspecified atom stereocenters. The second kappa shape index (κ2) is 7.39. The molecule has 1 saturated carbocycles. The Bertz CT molecular complexity index is 1270. The van der Waals surface area contributed by atoms with Gasteiger partial charge in [-0.05, 0) is 91.8 Å². The first-order valence-electron chi connectivity index (χ1n) is 10.8. The first-order valence-corrected chi connectivity index (χ1v) is 10.8. The molecular weight excluding hydrogens is 408 g/mol. The summed E-state index contributed by atoms with van der Waals surface area (Å²) >= 11 is 0. The van der Waals surface area contributed by atoms with Crippen LogP contribution in [0.2, 0.25) is 0 Å². The predicted octanol–water partition coefficient (Wildman–Crippen LogP) is 5.13. The SMILES string of the molecule is C[C@]12Cc3cnn(-c4ccc(F)cc4)c3C=C1CC[C@@]2(O)CCc1cc(F)ccc1C#N. The minimum Gasteiger partial charge on any atom is -0.389 e. The van der Waals surface area contributed by atoms with Crippen LogP contribution in [0.25, 0.3) is 11.8 Å². The zero-order chi connectivity index (χ0) is 22.5. The second-order valence-electron chi connectivity index (χ2n) is 9.07. The zero-order valence-corrected chi connectivity index (χ0v) is 17.8. The van der Waals surface area contributed by atoms with Gasteiger partial charge in [0.15, 0.2) is 0 Å². The number of nitrogens with zero attached hydrogens (tertiary/aromatic N) is 3. The Morgan fingerprint density at radius 3 is 2.66 bits per heavy atom. The maximum atomic E-state index is 13.7. The highest BCUT2D eigenvalue weighted by Gasteiger charge is 2.54. The highest BCUT2D eigenvalue weighted by atomic mass is 19.1. The summed E-state index contributed by atoms with van der Waals surface area (Å²) in [5, 5.41) is 25.6. The topological polar surface area (TPSA) is 61.8 Å². The van der Waals surface area contributed by atoms with Gasteiger partial charge in [0.2, 0.25) is 0 Å². The van der Waals surface area contributed by atoms with Crippen molar-refractivity contribution in [3.8, 4) is 11.8 Å². The molecule has 2 aliphatic rings. The number of hydrogen-bond donors (Lipinski definition) is 1. The average molecular weight is 431 g/mol. The molecule has 5 rings (SSSR count). The van der Waals surface area contributed by atoms with Gasteiger partial charge in [-0.25, -0.2) is 13.5 Å². The van der Waals surface area contributed by atoms with Crippen LogP contribution in [0.3, 0.4) is 0 Å². The summed E-state index contributed by atoms with van der Waals surface area (Å²) in [4.78, 5) is 0. The van der Waals surface area contributed by atoms with Crippen LogP contribution in [0.5, 0.6) is 0 Å². The van der Waals surface area contributed by atoms with Crippen molar-refractivity contribution in [3.05, 3.63) is 88.3 Å². The van der Waals surface area contributed by atoms with Crippen molar-refractivity contribution in [3.63, 3.8) is 0 Å². The van der Waals surface area contributed by atoms with Gasteiger partial charge < -0.3 is 5.11 Å². The van der Waals surface area contributed by atoms with E-state index in [0.717, 1.165) is 28.9 Å². The van der Waals surface area contributed by atoms with Crippen LogP contribution in [0.4, 0.5) is 8.78 Å². The number of fused-ring (bicyclic) bond motifs is 2. The molecule has 3 aromatic rings. The van der Waals surface area contributed by atoms with E-state index in [1.165, 1.54) is 30.3 Å². The van der Waals surface area contributed by atoms with Gasteiger partial charge >= 0.3 is 0 Å². The number of aryl methyl sites for hydroxylation is 1. The van der Waals surface area contributed by atoms with E-state index >= 15 is 0 Å². The molecule has 0 aliphatic heterocycles. The summed E-state index contributed by atoms with van der Waals surface area (Å²) in [7, 11) is 0. The molecule has 6 heteroatoms. The lowest BCUT2D eigenvalue weighted by Gasteiger charge is -2.42. The van der Waals surface area contributed by atoms with Crippen LogP contribution in [0, 0.1) is 28.4 Å². The summed E-state index contributed by atoms with van der Waals surface area (Å²) in [6, 6.07) is 12.5. The molecule has 2 atom stereocenters. The van der Waals surface area contributed by atoms with E-state index < -0.39 is 11.0 Å². The predicted molar refractivity (Wildman–Crippen MR) is 117 cm³/mol. The molecule has 32 heavy (non-hydrogen) atoms. The van der Waals surface area contributed by atoms with Crippen molar-refractivity contribution in [2.75, 3.05) is 0 Å². The molecule has 1 N–H and O–H groups in total. The fraction of sp³-hybridized carbons (Fsp3) is 0.308. The fourth-order valence-electron chi connectivity index (χ4n) is 5.34. The lowest BCUT2D eigenvalue weighted by atomic mass is 9.65. The Hall–Kier alpha value is -3.30. The van der Waals surface area contributed by atoms with E-state index in [2.05, 4.69) is 24.2 Å². The van der Waals surface area contributed by atoms with Crippen molar-refractivity contribution in [2.24, 2.45) is 5.41 Å². The Morgan fingerprint density at radius 1 is 1.16 bits per heavy atom. The fourth-order valence-corrected chi connectivity index (χ4v) is 5.34.